The molecule has 0 aromatic rings. The van der Waals surface area contributed by atoms with Crippen LogP contribution >= 0.6 is 0 Å². The summed E-state index contributed by atoms with van der Waals surface area (Å²) in [5, 5.41) is 11.1. The van der Waals surface area contributed by atoms with E-state index in [-0.39, 0.29) is 30.3 Å². The van der Waals surface area contributed by atoms with Crippen molar-refractivity contribution in [1.82, 2.24) is 5.32 Å². The number of hydrogen-bond acceptors (Lipinski definition) is 3. The number of carbonyl (C=O) groups is 2. The number of hydrogen-bond donors (Lipinski definition) is 2. The Morgan fingerprint density at radius 3 is 2.85 bits per heavy atom. The van der Waals surface area contributed by atoms with Crippen LogP contribution in [0.25, 0.3) is 0 Å². The zero-order valence-corrected chi connectivity index (χ0v) is 7.75. The van der Waals surface area contributed by atoms with Crippen molar-refractivity contribution in [1.29, 1.82) is 0 Å². The average molecular weight is 185 g/mol. The standard InChI is InChI=1S/C9H15NO3/c1-6(5-11)4-7-2-3-8(12)10-9(7)13/h6-7,11H,2-5H2,1H3,(H,10,12,13). The fourth-order valence-corrected chi connectivity index (χ4v) is 1.52. The predicted octanol–water partition coefficient (Wildman–Crippen LogP) is 0.0577. The molecule has 0 aliphatic carbocycles. The van der Waals surface area contributed by atoms with E-state index in [0.29, 0.717) is 19.3 Å². The molecular formula is C9H15NO3. The normalized spacial score (nSPS) is 25.5. The molecule has 0 bridgehead atoms. The van der Waals surface area contributed by atoms with Crippen LogP contribution in [-0.4, -0.2) is 23.5 Å². The third kappa shape index (κ3) is 2.81. The quantitative estimate of drug-likeness (QED) is 0.611. The predicted molar refractivity (Wildman–Crippen MR) is 46.7 cm³/mol. The second kappa shape index (κ2) is 4.37. The lowest BCUT2D eigenvalue weighted by molar-refractivity contribution is -0.136. The van der Waals surface area contributed by atoms with Crippen molar-refractivity contribution >= 4 is 11.8 Å². The van der Waals surface area contributed by atoms with Crippen LogP contribution in [0.15, 0.2) is 0 Å². The van der Waals surface area contributed by atoms with Crippen molar-refractivity contribution < 1.29 is 14.7 Å². The van der Waals surface area contributed by atoms with E-state index in [0.717, 1.165) is 0 Å². The molecule has 74 valence electrons. The van der Waals surface area contributed by atoms with Crippen LogP contribution < -0.4 is 5.32 Å². The summed E-state index contributed by atoms with van der Waals surface area (Å²) in [7, 11) is 0. The van der Waals surface area contributed by atoms with Crippen molar-refractivity contribution in [3.05, 3.63) is 0 Å². The smallest absolute Gasteiger partial charge is 0.229 e. The molecule has 4 heteroatoms. The minimum Gasteiger partial charge on any atom is -0.396 e. The summed E-state index contributed by atoms with van der Waals surface area (Å²) in [6.07, 6.45) is 1.71. The number of aliphatic hydroxyl groups excluding tert-OH is 1. The maximum atomic E-state index is 11.2. The first-order chi connectivity index (χ1) is 6.13. The number of nitrogens with one attached hydrogen (secondary N) is 1. The Kier molecular flexibility index (Phi) is 3.42. The molecule has 2 atom stereocenters. The molecule has 2 unspecified atom stereocenters. The van der Waals surface area contributed by atoms with Crippen molar-refractivity contribution in [2.75, 3.05) is 6.61 Å². The number of rotatable bonds is 3. The topological polar surface area (TPSA) is 66.4 Å². The molecule has 1 aliphatic heterocycles. The van der Waals surface area contributed by atoms with Gasteiger partial charge in [0.15, 0.2) is 0 Å². The molecule has 4 nitrogen and oxygen atoms in total. The lowest BCUT2D eigenvalue weighted by Crippen LogP contribution is -2.41. The van der Waals surface area contributed by atoms with Crippen LogP contribution in [-0.2, 0) is 9.59 Å². The summed E-state index contributed by atoms with van der Waals surface area (Å²) in [5.41, 5.74) is 0. The fraction of sp³-hybridized carbons (Fsp3) is 0.778. The molecule has 2 amide bonds. The van der Waals surface area contributed by atoms with Gasteiger partial charge in [-0.2, -0.15) is 0 Å². The maximum Gasteiger partial charge on any atom is 0.229 e. The molecule has 2 N–H and O–H groups in total. The number of aliphatic hydroxyl groups is 1. The molecule has 0 aromatic carbocycles. The third-order valence-corrected chi connectivity index (χ3v) is 2.35. The summed E-state index contributed by atoms with van der Waals surface area (Å²) >= 11 is 0. The van der Waals surface area contributed by atoms with Gasteiger partial charge in [-0.05, 0) is 18.8 Å². The van der Waals surface area contributed by atoms with Gasteiger partial charge in [-0.1, -0.05) is 6.92 Å². The number of amides is 2. The zero-order chi connectivity index (χ0) is 9.84. The third-order valence-electron chi connectivity index (χ3n) is 2.35. The Hall–Kier alpha value is -0.900. The molecule has 0 radical (unpaired) electrons. The highest BCUT2D eigenvalue weighted by atomic mass is 16.3. The van der Waals surface area contributed by atoms with Gasteiger partial charge in [0.25, 0.3) is 0 Å². The van der Waals surface area contributed by atoms with Crippen molar-refractivity contribution in [2.45, 2.75) is 26.2 Å². The Morgan fingerprint density at radius 2 is 2.31 bits per heavy atom. The molecule has 0 spiro atoms. The molecular weight excluding hydrogens is 170 g/mol. The fourth-order valence-electron chi connectivity index (χ4n) is 1.52. The van der Waals surface area contributed by atoms with E-state index in [4.69, 9.17) is 5.11 Å². The van der Waals surface area contributed by atoms with E-state index in [9.17, 15) is 9.59 Å². The largest absolute Gasteiger partial charge is 0.396 e. The Balaban J connectivity index is 2.42. The Labute approximate surface area is 77.3 Å². The summed E-state index contributed by atoms with van der Waals surface area (Å²) in [4.78, 5) is 22.0. The SMILES string of the molecule is CC(CO)CC1CCC(=O)NC1=O. The first kappa shape index (κ1) is 10.2. The van der Waals surface area contributed by atoms with Gasteiger partial charge in [0.05, 0.1) is 0 Å². The highest BCUT2D eigenvalue weighted by molar-refractivity contribution is 5.98. The van der Waals surface area contributed by atoms with Gasteiger partial charge in [-0.15, -0.1) is 0 Å². The van der Waals surface area contributed by atoms with Crippen molar-refractivity contribution in [3.8, 4) is 0 Å². The highest BCUT2D eigenvalue weighted by Gasteiger charge is 2.27. The monoisotopic (exact) mass is 185 g/mol. The molecule has 0 aromatic heterocycles. The van der Waals surface area contributed by atoms with Gasteiger partial charge in [0, 0.05) is 18.9 Å². The Bertz CT molecular complexity index is 215. The van der Waals surface area contributed by atoms with Gasteiger partial charge in [-0.25, -0.2) is 0 Å². The average Bonchev–Trinajstić information content (AvgIpc) is 2.09. The second-order valence-corrected chi connectivity index (χ2v) is 3.67. The van der Waals surface area contributed by atoms with Gasteiger partial charge in [0.2, 0.25) is 11.8 Å². The molecule has 1 saturated heterocycles. The minimum atomic E-state index is -0.184. The Morgan fingerprint density at radius 1 is 1.62 bits per heavy atom. The number of carbonyl (C=O) groups excluding carboxylic acids is 2. The summed E-state index contributed by atoms with van der Waals surface area (Å²) in [6.45, 7) is 1.99. The van der Waals surface area contributed by atoms with Crippen molar-refractivity contribution in [2.24, 2.45) is 11.8 Å². The van der Waals surface area contributed by atoms with Crippen LogP contribution in [0.4, 0.5) is 0 Å². The van der Waals surface area contributed by atoms with E-state index in [1.807, 2.05) is 6.92 Å². The van der Waals surface area contributed by atoms with E-state index >= 15 is 0 Å². The summed E-state index contributed by atoms with van der Waals surface area (Å²) in [5.74, 6) is -0.335. The summed E-state index contributed by atoms with van der Waals surface area (Å²) < 4.78 is 0. The molecule has 1 aliphatic rings. The molecule has 1 fully saturated rings. The molecule has 1 rings (SSSR count). The lowest BCUT2D eigenvalue weighted by atomic mass is 9.89. The first-order valence-electron chi connectivity index (χ1n) is 4.58. The minimum absolute atomic E-state index is 0.0950. The number of imide groups is 1. The molecule has 13 heavy (non-hydrogen) atoms. The van der Waals surface area contributed by atoms with Crippen LogP contribution in [0.3, 0.4) is 0 Å². The van der Waals surface area contributed by atoms with Gasteiger partial charge in [0.1, 0.15) is 0 Å². The highest BCUT2D eigenvalue weighted by Crippen LogP contribution is 2.20. The second-order valence-electron chi connectivity index (χ2n) is 3.67. The summed E-state index contributed by atoms with van der Waals surface area (Å²) in [6, 6.07) is 0. The molecule has 1 heterocycles. The zero-order valence-electron chi connectivity index (χ0n) is 7.75. The van der Waals surface area contributed by atoms with Crippen LogP contribution in [0.5, 0.6) is 0 Å². The maximum absolute atomic E-state index is 11.2. The first-order valence-corrected chi connectivity index (χ1v) is 4.58. The van der Waals surface area contributed by atoms with Crippen LogP contribution in [0.1, 0.15) is 26.2 Å². The van der Waals surface area contributed by atoms with Gasteiger partial charge in [-0.3, -0.25) is 14.9 Å². The number of piperidine rings is 1. The van der Waals surface area contributed by atoms with E-state index in [1.165, 1.54) is 0 Å². The van der Waals surface area contributed by atoms with Crippen LogP contribution in [0, 0.1) is 11.8 Å². The molecule has 0 saturated carbocycles. The van der Waals surface area contributed by atoms with E-state index in [2.05, 4.69) is 5.32 Å². The van der Waals surface area contributed by atoms with Crippen molar-refractivity contribution in [3.63, 3.8) is 0 Å². The van der Waals surface area contributed by atoms with E-state index in [1.54, 1.807) is 0 Å². The van der Waals surface area contributed by atoms with E-state index < -0.39 is 0 Å². The van der Waals surface area contributed by atoms with Gasteiger partial charge < -0.3 is 5.11 Å². The van der Waals surface area contributed by atoms with Gasteiger partial charge >= 0.3 is 0 Å². The van der Waals surface area contributed by atoms with Crippen LogP contribution in [0.2, 0.25) is 0 Å². The lowest BCUT2D eigenvalue weighted by Gasteiger charge is -2.22.